The Kier molecular flexibility index (Phi) is 5.54. The van der Waals surface area contributed by atoms with E-state index in [9.17, 15) is 4.79 Å². The quantitative estimate of drug-likeness (QED) is 0.740. The Balaban J connectivity index is 1.92. The van der Waals surface area contributed by atoms with Gasteiger partial charge in [-0.25, -0.2) is 9.78 Å². The molecule has 20 heavy (non-hydrogen) atoms. The first-order chi connectivity index (χ1) is 9.60. The number of thiophene rings is 1. The third-order valence-electron chi connectivity index (χ3n) is 2.47. The van der Waals surface area contributed by atoms with Gasteiger partial charge in [0.1, 0.15) is 17.7 Å². The highest BCUT2D eigenvalue weighted by Crippen LogP contribution is 2.24. The molecule has 0 saturated heterocycles. The summed E-state index contributed by atoms with van der Waals surface area (Å²) in [4.78, 5) is 17.0. The summed E-state index contributed by atoms with van der Waals surface area (Å²) in [6, 6.07) is 3.62. The lowest BCUT2D eigenvalue weighted by molar-refractivity contribution is 0.0468. The van der Waals surface area contributed by atoms with Gasteiger partial charge < -0.3 is 9.47 Å². The molecule has 0 aliphatic carbocycles. The zero-order chi connectivity index (χ0) is 14.5. The van der Waals surface area contributed by atoms with E-state index in [0.29, 0.717) is 16.6 Å². The van der Waals surface area contributed by atoms with Gasteiger partial charge in [0.2, 0.25) is 0 Å². The second-order valence-corrected chi connectivity index (χ2v) is 6.64. The maximum absolute atomic E-state index is 11.9. The average molecular weight is 332 g/mol. The van der Waals surface area contributed by atoms with E-state index in [4.69, 9.17) is 21.1 Å². The van der Waals surface area contributed by atoms with Crippen molar-refractivity contribution in [1.29, 1.82) is 0 Å². The van der Waals surface area contributed by atoms with Crippen LogP contribution in [0.15, 0.2) is 17.5 Å². The Bertz CT molecular complexity index is 582. The molecule has 0 spiro atoms. The van der Waals surface area contributed by atoms with Gasteiger partial charge in [-0.2, -0.15) is 0 Å². The highest BCUT2D eigenvalue weighted by molar-refractivity contribution is 7.16. The summed E-state index contributed by atoms with van der Waals surface area (Å²) >= 11 is 8.60. The van der Waals surface area contributed by atoms with Gasteiger partial charge in [0.05, 0.1) is 4.34 Å². The summed E-state index contributed by atoms with van der Waals surface area (Å²) in [5.41, 5.74) is 0.319. The van der Waals surface area contributed by atoms with Crippen LogP contribution in [-0.2, 0) is 16.1 Å². The molecule has 0 fully saturated rings. The van der Waals surface area contributed by atoms with E-state index in [0.717, 1.165) is 9.88 Å². The molecule has 1 atom stereocenters. The topological polar surface area (TPSA) is 48.4 Å². The Labute approximate surface area is 130 Å². The number of rotatable bonds is 6. The van der Waals surface area contributed by atoms with Crippen molar-refractivity contribution < 1.29 is 14.3 Å². The number of nitrogens with zero attached hydrogens (tertiary/aromatic N) is 1. The molecule has 4 nitrogen and oxygen atoms in total. The van der Waals surface area contributed by atoms with Crippen LogP contribution in [0.4, 0.5) is 0 Å². The van der Waals surface area contributed by atoms with Crippen LogP contribution in [-0.4, -0.2) is 17.6 Å². The van der Waals surface area contributed by atoms with Gasteiger partial charge in [-0.15, -0.1) is 22.7 Å². The van der Waals surface area contributed by atoms with Crippen LogP contribution in [0.3, 0.4) is 0 Å². The van der Waals surface area contributed by atoms with E-state index in [2.05, 4.69) is 4.98 Å². The zero-order valence-electron chi connectivity index (χ0n) is 11.1. The number of esters is 1. The van der Waals surface area contributed by atoms with E-state index in [1.54, 1.807) is 11.4 Å². The van der Waals surface area contributed by atoms with E-state index < -0.39 is 5.97 Å². The molecular weight excluding hydrogens is 318 g/mol. The fourth-order valence-electron chi connectivity index (χ4n) is 1.53. The summed E-state index contributed by atoms with van der Waals surface area (Å²) in [5.74, 6) is -0.430. The monoisotopic (exact) mass is 331 g/mol. The number of carbonyl (C=O) groups is 1. The highest BCUT2D eigenvalue weighted by atomic mass is 35.5. The number of carbonyl (C=O) groups excluding carboxylic acids is 1. The molecule has 2 aromatic rings. The Hall–Kier alpha value is -0.950. The molecule has 0 bridgehead atoms. The molecule has 0 amide bonds. The lowest BCUT2D eigenvalue weighted by atomic mass is 10.4. The van der Waals surface area contributed by atoms with Crippen LogP contribution in [0.5, 0.6) is 0 Å². The molecule has 108 valence electrons. The van der Waals surface area contributed by atoms with Crippen molar-refractivity contribution in [3.63, 3.8) is 0 Å². The van der Waals surface area contributed by atoms with Gasteiger partial charge in [0.25, 0.3) is 0 Å². The molecule has 0 radical (unpaired) electrons. The molecule has 0 aromatic carbocycles. The van der Waals surface area contributed by atoms with Gasteiger partial charge in [-0.05, 0) is 26.0 Å². The summed E-state index contributed by atoms with van der Waals surface area (Å²) in [5, 5.41) is 2.46. The largest absolute Gasteiger partial charge is 0.455 e. The number of halogens is 1. The Morgan fingerprint density at radius 1 is 1.50 bits per heavy atom. The highest BCUT2D eigenvalue weighted by Gasteiger charge is 2.16. The third kappa shape index (κ3) is 4.02. The van der Waals surface area contributed by atoms with Crippen LogP contribution in [0.1, 0.15) is 40.3 Å². The van der Waals surface area contributed by atoms with E-state index >= 15 is 0 Å². The normalized spacial score (nSPS) is 12.3. The Morgan fingerprint density at radius 2 is 2.30 bits per heavy atom. The summed E-state index contributed by atoms with van der Waals surface area (Å²) < 4.78 is 11.3. The van der Waals surface area contributed by atoms with Crippen LogP contribution < -0.4 is 0 Å². The van der Waals surface area contributed by atoms with Crippen molar-refractivity contribution in [2.75, 3.05) is 6.61 Å². The van der Waals surface area contributed by atoms with Crippen molar-refractivity contribution in [2.45, 2.75) is 26.6 Å². The van der Waals surface area contributed by atoms with Crippen molar-refractivity contribution in [1.82, 2.24) is 4.98 Å². The molecule has 7 heteroatoms. The number of aromatic nitrogens is 1. The summed E-state index contributed by atoms with van der Waals surface area (Å²) in [6.45, 7) is 4.65. The molecule has 0 N–H and O–H groups in total. The third-order valence-corrected chi connectivity index (χ3v) is 4.68. The maximum atomic E-state index is 11.9. The second-order valence-electron chi connectivity index (χ2n) is 3.95. The summed E-state index contributed by atoms with van der Waals surface area (Å²) in [7, 11) is 0. The first-order valence-electron chi connectivity index (χ1n) is 6.08. The van der Waals surface area contributed by atoms with Crippen LogP contribution in [0.2, 0.25) is 4.34 Å². The lowest BCUT2D eigenvalue weighted by Gasteiger charge is -2.06. The number of hydrogen-bond donors (Lipinski definition) is 0. The molecule has 0 aliphatic heterocycles. The van der Waals surface area contributed by atoms with Gasteiger partial charge >= 0.3 is 5.97 Å². The van der Waals surface area contributed by atoms with Gasteiger partial charge in [0, 0.05) is 16.9 Å². The first kappa shape index (κ1) is 15.4. The van der Waals surface area contributed by atoms with E-state index in [1.165, 1.54) is 22.7 Å². The number of thiazole rings is 1. The fraction of sp³-hybridized carbons (Fsp3) is 0.385. The fourth-order valence-corrected chi connectivity index (χ4v) is 3.32. The van der Waals surface area contributed by atoms with Crippen LogP contribution in [0, 0.1) is 0 Å². The van der Waals surface area contributed by atoms with Crippen molar-refractivity contribution in [2.24, 2.45) is 0 Å². The minimum Gasteiger partial charge on any atom is -0.455 e. The van der Waals surface area contributed by atoms with Crippen LogP contribution >= 0.6 is 34.3 Å². The van der Waals surface area contributed by atoms with Gasteiger partial charge in [-0.1, -0.05) is 11.6 Å². The number of ether oxygens (including phenoxy) is 2. The van der Waals surface area contributed by atoms with Crippen molar-refractivity contribution >= 4 is 40.2 Å². The predicted octanol–water partition coefficient (Wildman–Crippen LogP) is 4.31. The molecule has 2 heterocycles. The minimum absolute atomic E-state index is 0.109. The van der Waals surface area contributed by atoms with Gasteiger partial charge in [-0.3, -0.25) is 0 Å². The average Bonchev–Trinajstić information content (AvgIpc) is 3.05. The first-order valence-corrected chi connectivity index (χ1v) is 8.16. The zero-order valence-corrected chi connectivity index (χ0v) is 13.5. The molecule has 0 unspecified atom stereocenters. The molecular formula is C13H14ClNO3S2. The van der Waals surface area contributed by atoms with Crippen LogP contribution in [0.25, 0.3) is 0 Å². The van der Waals surface area contributed by atoms with E-state index in [1.807, 2.05) is 19.9 Å². The molecule has 0 saturated carbocycles. The van der Waals surface area contributed by atoms with Crippen molar-refractivity contribution in [3.8, 4) is 0 Å². The summed E-state index contributed by atoms with van der Waals surface area (Å²) in [6.07, 6.45) is -0.109. The van der Waals surface area contributed by atoms with Crippen molar-refractivity contribution in [3.05, 3.63) is 37.4 Å². The maximum Gasteiger partial charge on any atom is 0.358 e. The minimum atomic E-state index is -0.430. The van der Waals surface area contributed by atoms with Gasteiger partial charge in [0.15, 0.2) is 5.69 Å². The molecule has 2 aromatic heterocycles. The molecule has 0 aliphatic rings. The predicted molar refractivity (Wildman–Crippen MR) is 80.6 cm³/mol. The second kappa shape index (κ2) is 7.17. The standard InChI is InChI=1S/C13H14ClNO3S2/c1-3-17-8(2)12-15-10(7-19-12)13(16)18-6-9-4-5-11(14)20-9/h4-5,7-8H,3,6H2,1-2H3/t8-/m1/s1. The number of hydrogen-bond acceptors (Lipinski definition) is 6. The molecule has 2 rings (SSSR count). The van der Waals surface area contributed by atoms with E-state index in [-0.39, 0.29) is 12.7 Å². The lowest BCUT2D eigenvalue weighted by Crippen LogP contribution is -2.06. The Morgan fingerprint density at radius 3 is 2.95 bits per heavy atom. The SMILES string of the molecule is CCO[C@H](C)c1nc(C(=O)OCc2ccc(Cl)s2)cs1. The smallest absolute Gasteiger partial charge is 0.358 e.